The highest BCUT2D eigenvalue weighted by atomic mass is 15.2. The Morgan fingerprint density at radius 3 is 1.85 bits per heavy atom. The molecule has 2 heterocycles. The summed E-state index contributed by atoms with van der Waals surface area (Å²) in [6.45, 7) is 17.1. The Morgan fingerprint density at radius 1 is 0.462 bits per heavy atom. The maximum absolute atomic E-state index is 2.77. The Balaban J connectivity index is 1.20. The number of anilines is 5. The van der Waals surface area contributed by atoms with Crippen LogP contribution in [0, 0.1) is 6.92 Å². The van der Waals surface area contributed by atoms with Crippen LogP contribution in [0.25, 0.3) is 54.9 Å². The molecule has 2 aliphatic carbocycles. The van der Waals surface area contributed by atoms with Gasteiger partial charge in [-0.3, -0.25) is 0 Å². The Kier molecular flexibility index (Phi) is 7.94. The van der Waals surface area contributed by atoms with Crippen LogP contribution in [0.5, 0.6) is 0 Å². The molecule has 0 saturated heterocycles. The van der Waals surface area contributed by atoms with E-state index in [1.54, 1.807) is 0 Å². The summed E-state index contributed by atoms with van der Waals surface area (Å²) in [5.74, 6) is 0. The van der Waals surface area contributed by atoms with E-state index in [1.807, 2.05) is 0 Å². The highest BCUT2D eigenvalue weighted by Crippen LogP contribution is 2.59. The average molecular weight is 837 g/mol. The number of fused-ring (bicyclic) bond motifs is 12. The van der Waals surface area contributed by atoms with E-state index in [0.717, 1.165) is 0 Å². The fourth-order valence-electron chi connectivity index (χ4n) is 12.6. The summed E-state index contributed by atoms with van der Waals surface area (Å²) in [4.78, 5) is 5.47. The summed E-state index contributed by atoms with van der Waals surface area (Å²) in [5.41, 5.74) is 23.8. The second-order valence-corrected chi connectivity index (χ2v) is 21.2. The van der Waals surface area contributed by atoms with Gasteiger partial charge >= 0.3 is 6.85 Å². The van der Waals surface area contributed by atoms with E-state index in [-0.39, 0.29) is 23.1 Å². The predicted molar refractivity (Wildman–Crippen MR) is 278 cm³/mol. The molecule has 9 aromatic rings. The van der Waals surface area contributed by atoms with E-state index in [4.69, 9.17) is 0 Å². The Bertz CT molecular complexity index is 3480. The topological polar surface area (TPSA) is 6.48 Å². The van der Waals surface area contributed by atoms with E-state index >= 15 is 0 Å². The predicted octanol–water partition coefficient (Wildman–Crippen LogP) is 15.3. The van der Waals surface area contributed by atoms with Crippen LogP contribution in [0.15, 0.2) is 170 Å². The monoisotopic (exact) mass is 836 g/mol. The molecule has 3 heteroatoms. The average Bonchev–Trinajstić information content (AvgIpc) is 3.55. The number of nitrogens with zero attached hydrogens (tertiary/aromatic N) is 2. The van der Waals surface area contributed by atoms with Crippen LogP contribution in [0.2, 0.25) is 0 Å². The van der Waals surface area contributed by atoms with Gasteiger partial charge in [0.2, 0.25) is 0 Å². The van der Waals surface area contributed by atoms with Gasteiger partial charge in [-0.1, -0.05) is 175 Å². The van der Waals surface area contributed by atoms with Crippen LogP contribution in [0.3, 0.4) is 0 Å². The second-order valence-electron chi connectivity index (χ2n) is 21.2. The summed E-state index contributed by atoms with van der Waals surface area (Å²) in [7, 11) is 0. The minimum absolute atomic E-state index is 0.0451. The lowest BCUT2D eigenvalue weighted by Gasteiger charge is -2.49. The molecule has 0 radical (unpaired) electrons. The van der Waals surface area contributed by atoms with Crippen molar-refractivity contribution in [3.63, 3.8) is 0 Å². The van der Waals surface area contributed by atoms with Crippen molar-refractivity contribution in [2.24, 2.45) is 0 Å². The van der Waals surface area contributed by atoms with Gasteiger partial charge in [-0.2, -0.15) is 0 Å². The normalized spacial score (nSPS) is 16.7. The third kappa shape index (κ3) is 5.36. The van der Waals surface area contributed by atoms with E-state index in [9.17, 15) is 0 Å². The van der Waals surface area contributed by atoms with Crippen molar-refractivity contribution in [2.75, 3.05) is 9.71 Å². The number of aryl methyl sites for hydroxylation is 1. The van der Waals surface area contributed by atoms with Crippen LogP contribution in [-0.2, 0) is 16.2 Å². The molecule has 2 nitrogen and oxygen atoms in total. The molecular formula is C62H53BN2. The summed E-state index contributed by atoms with van der Waals surface area (Å²) >= 11 is 0. The molecule has 314 valence electrons. The van der Waals surface area contributed by atoms with Gasteiger partial charge in [0.15, 0.2) is 0 Å². The first-order chi connectivity index (χ1) is 31.4. The summed E-state index contributed by atoms with van der Waals surface area (Å²) in [6.07, 6.45) is 2.35. The second kappa shape index (κ2) is 13.4. The number of hydrogen-bond acceptors (Lipinski definition) is 2. The molecule has 0 aromatic heterocycles. The van der Waals surface area contributed by atoms with E-state index in [2.05, 4.69) is 228 Å². The fourth-order valence-corrected chi connectivity index (χ4v) is 12.6. The lowest BCUT2D eigenvalue weighted by molar-refractivity contribution is 0.332. The first-order valence-corrected chi connectivity index (χ1v) is 23.7. The fraction of sp³-hybridized carbons (Fsp3) is 0.194. The number of benzene rings is 9. The van der Waals surface area contributed by atoms with Crippen molar-refractivity contribution in [2.45, 2.75) is 77.6 Å². The molecular weight excluding hydrogens is 784 g/mol. The molecule has 9 aromatic carbocycles. The molecule has 0 saturated carbocycles. The molecule has 2 aliphatic heterocycles. The lowest BCUT2D eigenvalue weighted by Crippen LogP contribution is -2.62. The summed E-state index contributed by atoms with van der Waals surface area (Å²) in [6, 6.07) is 65.0. The first-order valence-electron chi connectivity index (χ1n) is 23.7. The van der Waals surface area contributed by atoms with Crippen LogP contribution in [0.1, 0.15) is 82.2 Å². The minimum atomic E-state index is -0.267. The number of rotatable bonds is 3. The highest BCUT2D eigenvalue weighted by molar-refractivity contribution is 6.94. The quantitative estimate of drug-likeness (QED) is 0.164. The zero-order chi connectivity index (χ0) is 44.1. The Hall–Kier alpha value is -6.84. The van der Waals surface area contributed by atoms with Crippen LogP contribution in [0.4, 0.5) is 28.4 Å². The molecule has 0 spiro atoms. The molecule has 4 aliphatic rings. The van der Waals surface area contributed by atoms with Gasteiger partial charge in [0.25, 0.3) is 0 Å². The van der Waals surface area contributed by atoms with Gasteiger partial charge < -0.3 is 9.71 Å². The van der Waals surface area contributed by atoms with Gasteiger partial charge in [0.1, 0.15) is 0 Å². The van der Waals surface area contributed by atoms with E-state index < -0.39 is 0 Å². The highest BCUT2D eigenvalue weighted by Gasteiger charge is 2.51. The van der Waals surface area contributed by atoms with Crippen LogP contribution < -0.4 is 20.6 Å². The number of hydrogen-bond donors (Lipinski definition) is 0. The molecule has 0 atom stereocenters. The zero-order valence-electron chi connectivity index (χ0n) is 38.6. The van der Waals surface area contributed by atoms with Crippen molar-refractivity contribution < 1.29 is 0 Å². The maximum atomic E-state index is 2.77. The molecule has 0 N–H and O–H groups in total. The standard InChI is InChI=1S/C62H53BN2/c1-38-33-51-52(61(4,5)32-31-60(51,2)3)37-54(38)64-58-45-22-14-13-19-41(45)27-30-53(58)63-57-49(36-48-46-23-15-16-24-50(46)62(6,7)56(48)59(57)64)47-34-42-20-11-12-21-43(42)35-55(47)65(63)44-28-25-40(26-29-44)39-17-9-8-10-18-39/h8-30,33-37H,31-32H2,1-7H3. The largest absolute Gasteiger partial charge is 0.376 e. The maximum Gasteiger partial charge on any atom is 0.333 e. The first kappa shape index (κ1) is 38.6. The summed E-state index contributed by atoms with van der Waals surface area (Å²) < 4.78 is 0. The van der Waals surface area contributed by atoms with E-state index in [0.29, 0.717) is 0 Å². The Labute approximate surface area is 384 Å². The van der Waals surface area contributed by atoms with Crippen molar-refractivity contribution in [3.05, 3.63) is 198 Å². The van der Waals surface area contributed by atoms with E-state index in [1.165, 1.54) is 135 Å². The van der Waals surface area contributed by atoms with Crippen molar-refractivity contribution in [1.82, 2.24) is 0 Å². The van der Waals surface area contributed by atoms with Gasteiger partial charge in [-0.05, 0) is 150 Å². The van der Waals surface area contributed by atoms with Crippen molar-refractivity contribution in [3.8, 4) is 33.4 Å². The minimum Gasteiger partial charge on any atom is -0.376 e. The van der Waals surface area contributed by atoms with Crippen molar-refractivity contribution >= 4 is 67.8 Å². The smallest absolute Gasteiger partial charge is 0.333 e. The lowest BCUT2D eigenvalue weighted by atomic mass is 9.42. The molecule has 0 bridgehead atoms. The van der Waals surface area contributed by atoms with Gasteiger partial charge in [0, 0.05) is 39.1 Å². The van der Waals surface area contributed by atoms with Gasteiger partial charge in [-0.25, -0.2) is 0 Å². The summed E-state index contributed by atoms with van der Waals surface area (Å²) in [5, 5.41) is 5.05. The molecule has 13 rings (SSSR count). The van der Waals surface area contributed by atoms with Crippen molar-refractivity contribution in [1.29, 1.82) is 0 Å². The SMILES string of the molecule is Cc1cc2c(cc1N1c3c4c(cc5c3C(C)(C)c3ccccc3-5)-c3cc5ccccc5cc3N(c3ccc(-c5ccccc5)cc3)B4c3ccc4ccccc4c31)C(C)(C)CCC2(C)C. The third-order valence-corrected chi connectivity index (χ3v) is 16.1. The molecule has 0 amide bonds. The Morgan fingerprint density at radius 2 is 1.09 bits per heavy atom. The van der Waals surface area contributed by atoms with Gasteiger partial charge in [-0.15, -0.1) is 0 Å². The van der Waals surface area contributed by atoms with Gasteiger partial charge in [0.05, 0.1) is 5.69 Å². The van der Waals surface area contributed by atoms with Crippen LogP contribution >= 0.6 is 0 Å². The molecule has 65 heavy (non-hydrogen) atoms. The van der Waals surface area contributed by atoms with Crippen LogP contribution in [-0.4, -0.2) is 6.85 Å². The molecule has 0 fully saturated rings. The zero-order valence-corrected chi connectivity index (χ0v) is 38.6. The molecule has 0 unspecified atom stereocenters. The third-order valence-electron chi connectivity index (χ3n) is 16.1.